The molecule has 3 nitrogen and oxygen atoms in total. The van der Waals surface area contributed by atoms with Crippen molar-refractivity contribution in [1.29, 1.82) is 0 Å². The monoisotopic (exact) mass is 142 g/mol. The normalized spacial score (nSPS) is 9.00. The summed E-state index contributed by atoms with van der Waals surface area (Å²) in [5, 5.41) is 2.64. The van der Waals surface area contributed by atoms with E-state index in [2.05, 4.69) is 11.9 Å². The average molecular weight is 142 g/mol. The van der Waals surface area contributed by atoms with Crippen LogP contribution in [-0.2, 0) is 4.79 Å². The van der Waals surface area contributed by atoms with Crippen LogP contribution < -0.4 is 11.1 Å². The van der Waals surface area contributed by atoms with Crippen LogP contribution >= 0.6 is 0 Å². The molecule has 0 aromatic heterocycles. The van der Waals surface area contributed by atoms with Gasteiger partial charge in [-0.25, -0.2) is 0 Å². The second-order valence-electron chi connectivity index (χ2n) is 2.26. The maximum Gasteiger partial charge on any atom is 0.233 e. The van der Waals surface area contributed by atoms with Gasteiger partial charge in [-0.05, 0) is 13.3 Å². The van der Waals surface area contributed by atoms with Gasteiger partial charge in [0.1, 0.15) is 0 Å². The molecule has 10 heavy (non-hydrogen) atoms. The molecule has 0 aliphatic rings. The molecule has 0 fully saturated rings. The van der Waals surface area contributed by atoms with Crippen molar-refractivity contribution in [3.8, 4) is 0 Å². The van der Waals surface area contributed by atoms with Crippen molar-refractivity contribution in [3.05, 3.63) is 12.2 Å². The van der Waals surface area contributed by atoms with E-state index in [1.165, 1.54) is 0 Å². The van der Waals surface area contributed by atoms with Crippen LogP contribution in [0, 0.1) is 0 Å². The Morgan fingerprint density at radius 3 is 2.70 bits per heavy atom. The molecule has 0 saturated carbocycles. The number of nitrogens with two attached hydrogens (primary N) is 1. The lowest BCUT2D eigenvalue weighted by atomic mass is 10.2. The van der Waals surface area contributed by atoms with Gasteiger partial charge in [0, 0.05) is 6.54 Å². The quantitative estimate of drug-likeness (QED) is 0.544. The summed E-state index contributed by atoms with van der Waals surface area (Å²) in [6.07, 6.45) is 0.825. The van der Waals surface area contributed by atoms with Crippen molar-refractivity contribution in [2.75, 3.05) is 13.1 Å². The SMILES string of the molecule is C=C(C)CCNC(=O)CN. The van der Waals surface area contributed by atoms with Gasteiger partial charge in [-0.15, -0.1) is 6.58 Å². The molecule has 0 atom stereocenters. The standard InChI is InChI=1S/C7H14N2O/c1-6(2)3-4-9-7(10)5-8/h1,3-5,8H2,2H3,(H,9,10). The summed E-state index contributed by atoms with van der Waals surface area (Å²) in [6.45, 7) is 6.33. The summed E-state index contributed by atoms with van der Waals surface area (Å²) in [4.78, 5) is 10.5. The molecular formula is C7H14N2O. The Bertz CT molecular complexity index is 132. The highest BCUT2D eigenvalue weighted by Gasteiger charge is 1.93. The zero-order chi connectivity index (χ0) is 7.98. The lowest BCUT2D eigenvalue weighted by Gasteiger charge is -2.01. The van der Waals surface area contributed by atoms with Crippen LogP contribution in [0.1, 0.15) is 13.3 Å². The van der Waals surface area contributed by atoms with Gasteiger partial charge < -0.3 is 11.1 Å². The van der Waals surface area contributed by atoms with Crippen molar-refractivity contribution in [1.82, 2.24) is 5.32 Å². The summed E-state index contributed by atoms with van der Waals surface area (Å²) in [6, 6.07) is 0. The molecule has 0 aromatic carbocycles. The van der Waals surface area contributed by atoms with Gasteiger partial charge >= 0.3 is 0 Å². The third-order valence-corrected chi connectivity index (χ3v) is 1.06. The third kappa shape index (κ3) is 5.31. The van der Waals surface area contributed by atoms with E-state index in [0.29, 0.717) is 6.54 Å². The van der Waals surface area contributed by atoms with Crippen LogP contribution in [-0.4, -0.2) is 19.0 Å². The summed E-state index contributed by atoms with van der Waals surface area (Å²) >= 11 is 0. The van der Waals surface area contributed by atoms with E-state index < -0.39 is 0 Å². The molecule has 0 aromatic rings. The predicted octanol–water partition coefficient (Wildman–Crippen LogP) is 0.0275. The Hall–Kier alpha value is -0.830. The van der Waals surface area contributed by atoms with Crippen LogP contribution in [0.3, 0.4) is 0 Å². The highest BCUT2D eigenvalue weighted by Crippen LogP contribution is 1.91. The van der Waals surface area contributed by atoms with E-state index in [1.54, 1.807) is 0 Å². The fourth-order valence-electron chi connectivity index (χ4n) is 0.487. The molecule has 58 valence electrons. The number of carbonyl (C=O) groups excluding carboxylic acids is 1. The first-order chi connectivity index (χ1) is 4.66. The molecule has 0 aliphatic carbocycles. The maximum atomic E-state index is 10.5. The first kappa shape index (κ1) is 9.17. The smallest absolute Gasteiger partial charge is 0.233 e. The summed E-state index contributed by atoms with van der Waals surface area (Å²) in [7, 11) is 0. The summed E-state index contributed by atoms with van der Waals surface area (Å²) < 4.78 is 0. The molecule has 0 spiro atoms. The van der Waals surface area contributed by atoms with Crippen LogP contribution in [0.4, 0.5) is 0 Å². The first-order valence-electron chi connectivity index (χ1n) is 3.28. The number of nitrogens with one attached hydrogen (secondary N) is 1. The van der Waals surface area contributed by atoms with E-state index in [9.17, 15) is 4.79 Å². The van der Waals surface area contributed by atoms with Gasteiger partial charge in [0.25, 0.3) is 0 Å². The van der Waals surface area contributed by atoms with Gasteiger partial charge in [-0.2, -0.15) is 0 Å². The molecule has 1 amide bonds. The Balaban J connectivity index is 3.20. The average Bonchev–Trinajstić information content (AvgIpc) is 1.87. The number of rotatable bonds is 4. The van der Waals surface area contributed by atoms with Crippen molar-refractivity contribution >= 4 is 5.91 Å². The van der Waals surface area contributed by atoms with Crippen LogP contribution in [0.2, 0.25) is 0 Å². The molecule has 0 rings (SSSR count). The zero-order valence-corrected chi connectivity index (χ0v) is 6.31. The lowest BCUT2D eigenvalue weighted by Crippen LogP contribution is -2.30. The molecule has 0 bridgehead atoms. The van der Waals surface area contributed by atoms with Crippen molar-refractivity contribution < 1.29 is 4.79 Å². The largest absolute Gasteiger partial charge is 0.355 e. The molecule has 0 radical (unpaired) electrons. The van der Waals surface area contributed by atoms with Crippen LogP contribution in [0.15, 0.2) is 12.2 Å². The molecule has 0 saturated heterocycles. The summed E-state index contributed by atoms with van der Waals surface area (Å²) in [5.74, 6) is -0.110. The second-order valence-corrected chi connectivity index (χ2v) is 2.26. The summed E-state index contributed by atoms with van der Waals surface area (Å²) in [5.41, 5.74) is 6.12. The molecule has 0 unspecified atom stereocenters. The van der Waals surface area contributed by atoms with Gasteiger partial charge in [0.15, 0.2) is 0 Å². The minimum absolute atomic E-state index is 0.0657. The lowest BCUT2D eigenvalue weighted by molar-refractivity contribution is -0.119. The minimum atomic E-state index is -0.110. The molecule has 3 N–H and O–H groups in total. The highest BCUT2D eigenvalue weighted by molar-refractivity contribution is 5.77. The van der Waals surface area contributed by atoms with Gasteiger partial charge in [0.2, 0.25) is 5.91 Å². The van der Waals surface area contributed by atoms with E-state index in [0.717, 1.165) is 12.0 Å². The maximum absolute atomic E-state index is 10.5. The fourth-order valence-corrected chi connectivity index (χ4v) is 0.487. The second kappa shape index (κ2) is 4.99. The number of hydrogen-bond donors (Lipinski definition) is 2. The fraction of sp³-hybridized carbons (Fsp3) is 0.571. The van der Waals surface area contributed by atoms with Crippen LogP contribution in [0.25, 0.3) is 0 Å². The number of carbonyl (C=O) groups is 1. The Morgan fingerprint density at radius 1 is 1.70 bits per heavy atom. The van der Waals surface area contributed by atoms with Gasteiger partial charge in [-0.1, -0.05) is 5.57 Å². The highest BCUT2D eigenvalue weighted by atomic mass is 16.1. The Morgan fingerprint density at radius 2 is 2.30 bits per heavy atom. The third-order valence-electron chi connectivity index (χ3n) is 1.06. The Labute approximate surface area is 61.3 Å². The Kier molecular flexibility index (Phi) is 4.58. The van der Waals surface area contributed by atoms with Crippen LogP contribution in [0.5, 0.6) is 0 Å². The van der Waals surface area contributed by atoms with E-state index in [-0.39, 0.29) is 12.5 Å². The van der Waals surface area contributed by atoms with Crippen molar-refractivity contribution in [3.63, 3.8) is 0 Å². The first-order valence-corrected chi connectivity index (χ1v) is 3.28. The van der Waals surface area contributed by atoms with E-state index >= 15 is 0 Å². The zero-order valence-electron chi connectivity index (χ0n) is 6.31. The molecule has 3 heteroatoms. The van der Waals surface area contributed by atoms with E-state index in [4.69, 9.17) is 5.73 Å². The van der Waals surface area contributed by atoms with Gasteiger partial charge in [-0.3, -0.25) is 4.79 Å². The topological polar surface area (TPSA) is 55.1 Å². The van der Waals surface area contributed by atoms with Crippen molar-refractivity contribution in [2.45, 2.75) is 13.3 Å². The predicted molar refractivity (Wildman–Crippen MR) is 41.5 cm³/mol. The molecular weight excluding hydrogens is 128 g/mol. The molecule has 0 heterocycles. The minimum Gasteiger partial charge on any atom is -0.355 e. The number of hydrogen-bond acceptors (Lipinski definition) is 2. The number of amides is 1. The van der Waals surface area contributed by atoms with E-state index in [1.807, 2.05) is 6.92 Å². The molecule has 0 aliphatic heterocycles. The van der Waals surface area contributed by atoms with Crippen molar-refractivity contribution in [2.24, 2.45) is 5.73 Å². The van der Waals surface area contributed by atoms with Gasteiger partial charge in [0.05, 0.1) is 6.54 Å².